The highest BCUT2D eigenvalue weighted by atomic mass is 35.5. The summed E-state index contributed by atoms with van der Waals surface area (Å²) in [6, 6.07) is 10.9. The number of benzene rings is 1. The summed E-state index contributed by atoms with van der Waals surface area (Å²) in [7, 11) is 0. The van der Waals surface area contributed by atoms with Crippen LogP contribution in [0.4, 0.5) is 5.69 Å². The second-order valence-electron chi connectivity index (χ2n) is 5.69. The molecule has 1 aliphatic carbocycles. The van der Waals surface area contributed by atoms with Crippen LogP contribution in [-0.2, 0) is 10.2 Å². The van der Waals surface area contributed by atoms with E-state index in [-0.39, 0.29) is 5.91 Å². The topological polar surface area (TPSA) is 55.1 Å². The van der Waals surface area contributed by atoms with Crippen LogP contribution in [-0.4, -0.2) is 11.1 Å². The van der Waals surface area contributed by atoms with E-state index < -0.39 is 5.41 Å². The Morgan fingerprint density at radius 3 is 2.79 bits per heavy atom. The third-order valence-corrected chi connectivity index (χ3v) is 5.85. The van der Waals surface area contributed by atoms with Gasteiger partial charge < -0.3 is 9.84 Å². The van der Waals surface area contributed by atoms with Gasteiger partial charge in [0.15, 0.2) is 5.76 Å². The number of hydrogen-bond acceptors (Lipinski definition) is 4. The Morgan fingerprint density at radius 1 is 1.25 bits per heavy atom. The van der Waals surface area contributed by atoms with Gasteiger partial charge in [0, 0.05) is 6.07 Å². The SMILES string of the molecule is O=C(Nc1cccc(Cl)c1Cl)C1(c2cc(-c3cccs3)on2)CC1. The van der Waals surface area contributed by atoms with Gasteiger partial charge in [0.2, 0.25) is 5.91 Å². The Bertz CT molecular complexity index is 901. The van der Waals surface area contributed by atoms with Gasteiger partial charge in [-0.2, -0.15) is 0 Å². The van der Waals surface area contributed by atoms with Crippen molar-refractivity contribution in [1.29, 1.82) is 0 Å². The average Bonchev–Trinajstić information content (AvgIpc) is 3.01. The van der Waals surface area contributed by atoms with E-state index >= 15 is 0 Å². The molecule has 3 aromatic rings. The number of thiophene rings is 1. The molecule has 0 bridgehead atoms. The molecular weight excluding hydrogens is 367 g/mol. The first-order chi connectivity index (χ1) is 11.6. The Hall–Kier alpha value is -1.82. The first-order valence-electron chi connectivity index (χ1n) is 7.37. The van der Waals surface area contributed by atoms with Crippen molar-refractivity contribution in [1.82, 2.24) is 5.16 Å². The van der Waals surface area contributed by atoms with Crippen LogP contribution in [0.2, 0.25) is 10.0 Å². The summed E-state index contributed by atoms with van der Waals surface area (Å²) < 4.78 is 5.41. The zero-order valence-corrected chi connectivity index (χ0v) is 14.7. The average molecular weight is 379 g/mol. The Labute approximate surface area is 152 Å². The molecule has 1 amide bonds. The van der Waals surface area contributed by atoms with E-state index in [1.807, 2.05) is 23.6 Å². The molecule has 1 aliphatic rings. The maximum Gasteiger partial charge on any atom is 0.236 e. The summed E-state index contributed by atoms with van der Waals surface area (Å²) in [6.45, 7) is 0. The fourth-order valence-corrected chi connectivity index (χ4v) is 3.62. The molecule has 7 heteroatoms. The van der Waals surface area contributed by atoms with Crippen molar-refractivity contribution in [2.75, 3.05) is 5.32 Å². The van der Waals surface area contributed by atoms with Gasteiger partial charge in [-0.3, -0.25) is 4.79 Å². The maximum atomic E-state index is 12.8. The van der Waals surface area contributed by atoms with E-state index in [0.717, 1.165) is 17.7 Å². The largest absolute Gasteiger partial charge is 0.355 e. The molecule has 0 radical (unpaired) electrons. The molecule has 1 saturated carbocycles. The number of carbonyl (C=O) groups is 1. The highest BCUT2D eigenvalue weighted by molar-refractivity contribution is 7.13. The number of amides is 1. The quantitative estimate of drug-likeness (QED) is 0.662. The van der Waals surface area contributed by atoms with Crippen LogP contribution >= 0.6 is 34.5 Å². The fourth-order valence-electron chi connectivity index (χ4n) is 2.60. The van der Waals surface area contributed by atoms with Crippen LogP contribution < -0.4 is 5.32 Å². The first kappa shape index (κ1) is 15.7. The van der Waals surface area contributed by atoms with E-state index in [0.29, 0.717) is 27.2 Å². The van der Waals surface area contributed by atoms with Crippen LogP contribution in [0.1, 0.15) is 18.5 Å². The lowest BCUT2D eigenvalue weighted by Gasteiger charge is -2.13. The van der Waals surface area contributed by atoms with Crippen molar-refractivity contribution in [3.8, 4) is 10.6 Å². The van der Waals surface area contributed by atoms with Gasteiger partial charge in [0.05, 0.1) is 31.7 Å². The third kappa shape index (κ3) is 2.62. The van der Waals surface area contributed by atoms with Crippen molar-refractivity contribution in [2.24, 2.45) is 0 Å². The zero-order valence-electron chi connectivity index (χ0n) is 12.4. The first-order valence-corrected chi connectivity index (χ1v) is 9.00. The van der Waals surface area contributed by atoms with Crippen LogP contribution in [0.5, 0.6) is 0 Å². The smallest absolute Gasteiger partial charge is 0.236 e. The van der Waals surface area contributed by atoms with Crippen molar-refractivity contribution in [2.45, 2.75) is 18.3 Å². The predicted molar refractivity (Wildman–Crippen MR) is 95.8 cm³/mol. The number of aromatic nitrogens is 1. The molecule has 0 spiro atoms. The van der Waals surface area contributed by atoms with Crippen LogP contribution in [0.3, 0.4) is 0 Å². The summed E-state index contributed by atoms with van der Waals surface area (Å²) in [5, 5.41) is 9.69. The summed E-state index contributed by atoms with van der Waals surface area (Å²) in [5.41, 5.74) is 0.508. The Morgan fingerprint density at radius 2 is 2.08 bits per heavy atom. The summed E-state index contributed by atoms with van der Waals surface area (Å²) in [6.07, 6.45) is 1.46. The van der Waals surface area contributed by atoms with Crippen LogP contribution in [0.25, 0.3) is 10.6 Å². The van der Waals surface area contributed by atoms with Gasteiger partial charge in [-0.25, -0.2) is 0 Å². The number of nitrogens with one attached hydrogen (secondary N) is 1. The number of halogens is 2. The lowest BCUT2D eigenvalue weighted by Crippen LogP contribution is -2.28. The second kappa shape index (κ2) is 5.92. The predicted octanol–water partition coefficient (Wildman–Crippen LogP) is 5.38. The number of anilines is 1. The molecule has 2 aromatic heterocycles. The monoisotopic (exact) mass is 378 g/mol. The van der Waals surface area contributed by atoms with E-state index in [4.69, 9.17) is 27.7 Å². The van der Waals surface area contributed by atoms with Crippen molar-refractivity contribution >= 4 is 46.1 Å². The molecule has 0 unspecified atom stereocenters. The van der Waals surface area contributed by atoms with E-state index in [1.54, 1.807) is 29.5 Å². The minimum atomic E-state index is -0.648. The summed E-state index contributed by atoms with van der Waals surface area (Å²) in [4.78, 5) is 13.8. The van der Waals surface area contributed by atoms with Crippen molar-refractivity contribution < 1.29 is 9.32 Å². The van der Waals surface area contributed by atoms with Crippen molar-refractivity contribution in [3.05, 3.63) is 57.5 Å². The number of rotatable bonds is 4. The summed E-state index contributed by atoms with van der Waals surface area (Å²) in [5.74, 6) is 0.539. The minimum absolute atomic E-state index is 0.141. The van der Waals surface area contributed by atoms with E-state index in [1.165, 1.54) is 0 Å². The van der Waals surface area contributed by atoms with Crippen LogP contribution in [0.15, 0.2) is 46.3 Å². The van der Waals surface area contributed by atoms with Gasteiger partial charge in [-0.1, -0.05) is 40.5 Å². The number of nitrogens with zero attached hydrogens (tertiary/aromatic N) is 1. The molecule has 1 fully saturated rings. The highest BCUT2D eigenvalue weighted by Crippen LogP contribution is 2.49. The molecule has 0 atom stereocenters. The number of hydrogen-bond donors (Lipinski definition) is 1. The highest BCUT2D eigenvalue weighted by Gasteiger charge is 2.54. The van der Waals surface area contributed by atoms with Gasteiger partial charge >= 0.3 is 0 Å². The van der Waals surface area contributed by atoms with Crippen molar-refractivity contribution in [3.63, 3.8) is 0 Å². The molecule has 1 aromatic carbocycles. The molecular formula is C17H12Cl2N2O2S. The lowest BCUT2D eigenvalue weighted by atomic mass is 10.0. The minimum Gasteiger partial charge on any atom is -0.355 e. The molecule has 2 heterocycles. The molecule has 4 nitrogen and oxygen atoms in total. The Balaban J connectivity index is 1.59. The van der Waals surface area contributed by atoms with E-state index in [2.05, 4.69) is 10.5 Å². The zero-order chi connectivity index (χ0) is 16.7. The van der Waals surface area contributed by atoms with Gasteiger partial charge in [-0.05, 0) is 36.4 Å². The van der Waals surface area contributed by atoms with Crippen LogP contribution in [0, 0.1) is 0 Å². The maximum absolute atomic E-state index is 12.8. The van der Waals surface area contributed by atoms with Gasteiger partial charge in [-0.15, -0.1) is 11.3 Å². The molecule has 24 heavy (non-hydrogen) atoms. The Kier molecular flexibility index (Phi) is 3.87. The fraction of sp³-hybridized carbons (Fsp3) is 0.176. The second-order valence-corrected chi connectivity index (χ2v) is 7.42. The molecule has 4 rings (SSSR count). The third-order valence-electron chi connectivity index (χ3n) is 4.15. The molecule has 0 aliphatic heterocycles. The van der Waals surface area contributed by atoms with Gasteiger partial charge in [0.25, 0.3) is 0 Å². The summed E-state index contributed by atoms with van der Waals surface area (Å²) >= 11 is 13.7. The lowest BCUT2D eigenvalue weighted by molar-refractivity contribution is -0.118. The molecule has 0 saturated heterocycles. The molecule has 122 valence electrons. The standard InChI is InChI=1S/C17H12Cl2N2O2S/c18-10-3-1-4-11(15(10)19)20-16(22)17(6-7-17)14-9-12(23-21-14)13-5-2-8-24-13/h1-5,8-9H,6-7H2,(H,20,22). The van der Waals surface area contributed by atoms with Gasteiger partial charge in [0.1, 0.15) is 0 Å². The van der Waals surface area contributed by atoms with E-state index in [9.17, 15) is 4.79 Å². The normalized spacial score (nSPS) is 15.2. The number of carbonyl (C=O) groups excluding carboxylic acids is 1. The molecule has 1 N–H and O–H groups in total.